The molecule has 1 fully saturated rings. The van der Waals surface area contributed by atoms with Gasteiger partial charge in [-0.25, -0.2) is 0 Å². The minimum Gasteiger partial charge on any atom is -0.308 e. The van der Waals surface area contributed by atoms with Crippen molar-refractivity contribution in [2.45, 2.75) is 51.6 Å². The molecule has 1 aliphatic heterocycles. The maximum atomic E-state index is 3.77. The minimum atomic E-state index is 0.166. The standard InChI is InChI=1S/C15H25BrN2S/c1-4-8-17-14(13-12(16)7-11-19-13)15(2,3)18-9-5-6-10-18/h7,11,14,17H,4-6,8-10H2,1-3H3. The van der Waals surface area contributed by atoms with E-state index >= 15 is 0 Å². The normalized spacial score (nSPS) is 18.9. The summed E-state index contributed by atoms with van der Waals surface area (Å²) < 4.78 is 1.25. The summed E-state index contributed by atoms with van der Waals surface area (Å²) in [5.41, 5.74) is 0.166. The van der Waals surface area contributed by atoms with Crippen molar-refractivity contribution in [3.63, 3.8) is 0 Å². The van der Waals surface area contributed by atoms with Crippen LogP contribution in [-0.2, 0) is 0 Å². The van der Waals surface area contributed by atoms with Crippen molar-refractivity contribution in [1.82, 2.24) is 10.2 Å². The molecule has 0 aromatic carbocycles. The van der Waals surface area contributed by atoms with Gasteiger partial charge in [0.25, 0.3) is 0 Å². The molecule has 1 saturated heterocycles. The summed E-state index contributed by atoms with van der Waals surface area (Å²) in [7, 11) is 0. The van der Waals surface area contributed by atoms with Crippen LogP contribution in [0.5, 0.6) is 0 Å². The van der Waals surface area contributed by atoms with Gasteiger partial charge in [0.15, 0.2) is 0 Å². The average molecular weight is 345 g/mol. The Labute approximate surface area is 129 Å². The Morgan fingerprint density at radius 1 is 1.42 bits per heavy atom. The van der Waals surface area contributed by atoms with Gasteiger partial charge in [-0.05, 0) is 80.1 Å². The molecule has 1 N–H and O–H groups in total. The molecule has 108 valence electrons. The van der Waals surface area contributed by atoms with Crippen LogP contribution in [0.15, 0.2) is 15.9 Å². The van der Waals surface area contributed by atoms with Crippen molar-refractivity contribution >= 4 is 27.3 Å². The minimum absolute atomic E-state index is 0.166. The van der Waals surface area contributed by atoms with E-state index in [9.17, 15) is 0 Å². The lowest BCUT2D eigenvalue weighted by Gasteiger charge is -2.42. The maximum Gasteiger partial charge on any atom is 0.0607 e. The zero-order chi connectivity index (χ0) is 13.9. The molecule has 1 atom stereocenters. The van der Waals surface area contributed by atoms with Crippen LogP contribution >= 0.6 is 27.3 Å². The number of rotatable bonds is 6. The molecule has 0 aliphatic carbocycles. The zero-order valence-corrected chi connectivity index (χ0v) is 14.6. The van der Waals surface area contributed by atoms with Gasteiger partial charge in [0.2, 0.25) is 0 Å². The summed E-state index contributed by atoms with van der Waals surface area (Å²) in [5, 5.41) is 5.95. The highest BCUT2D eigenvalue weighted by molar-refractivity contribution is 9.10. The van der Waals surface area contributed by atoms with Gasteiger partial charge in [0, 0.05) is 14.9 Å². The Morgan fingerprint density at radius 3 is 2.63 bits per heavy atom. The van der Waals surface area contributed by atoms with Crippen molar-refractivity contribution in [1.29, 1.82) is 0 Å². The van der Waals surface area contributed by atoms with Crippen LogP contribution in [0.25, 0.3) is 0 Å². The average Bonchev–Trinajstić information content (AvgIpc) is 3.01. The van der Waals surface area contributed by atoms with Crippen LogP contribution in [-0.4, -0.2) is 30.1 Å². The molecule has 2 heterocycles. The molecule has 2 nitrogen and oxygen atoms in total. The highest BCUT2D eigenvalue weighted by Crippen LogP contribution is 2.39. The molecule has 1 aliphatic rings. The number of hydrogen-bond acceptors (Lipinski definition) is 3. The molecule has 19 heavy (non-hydrogen) atoms. The molecule has 1 unspecified atom stereocenters. The lowest BCUT2D eigenvalue weighted by atomic mass is 9.91. The number of nitrogens with one attached hydrogen (secondary N) is 1. The monoisotopic (exact) mass is 344 g/mol. The Hall–Kier alpha value is 0.1000. The van der Waals surface area contributed by atoms with Crippen LogP contribution in [0, 0.1) is 0 Å². The fourth-order valence-corrected chi connectivity index (χ4v) is 4.79. The fraction of sp³-hybridized carbons (Fsp3) is 0.733. The van der Waals surface area contributed by atoms with Crippen molar-refractivity contribution in [3.8, 4) is 0 Å². The van der Waals surface area contributed by atoms with E-state index < -0.39 is 0 Å². The second-order valence-electron chi connectivity index (χ2n) is 5.87. The van der Waals surface area contributed by atoms with Gasteiger partial charge in [-0.2, -0.15) is 0 Å². The summed E-state index contributed by atoms with van der Waals surface area (Å²) >= 11 is 5.57. The summed E-state index contributed by atoms with van der Waals surface area (Å²) in [6.07, 6.45) is 3.86. The molecular formula is C15H25BrN2S. The number of thiophene rings is 1. The molecule has 0 bridgehead atoms. The lowest BCUT2D eigenvalue weighted by molar-refractivity contribution is 0.108. The van der Waals surface area contributed by atoms with E-state index in [0.29, 0.717) is 6.04 Å². The van der Waals surface area contributed by atoms with Crippen LogP contribution < -0.4 is 5.32 Å². The summed E-state index contributed by atoms with van der Waals surface area (Å²) in [5.74, 6) is 0. The van der Waals surface area contributed by atoms with Crippen LogP contribution in [0.2, 0.25) is 0 Å². The van der Waals surface area contributed by atoms with E-state index in [1.807, 2.05) is 11.3 Å². The second kappa shape index (κ2) is 6.70. The Bertz CT molecular complexity index is 397. The summed E-state index contributed by atoms with van der Waals surface area (Å²) in [6, 6.07) is 2.57. The van der Waals surface area contributed by atoms with Crippen molar-refractivity contribution in [2.75, 3.05) is 19.6 Å². The predicted octanol–water partition coefficient (Wildman–Crippen LogP) is 4.43. The van der Waals surface area contributed by atoms with Crippen molar-refractivity contribution in [2.24, 2.45) is 0 Å². The van der Waals surface area contributed by atoms with Crippen molar-refractivity contribution < 1.29 is 0 Å². The largest absolute Gasteiger partial charge is 0.308 e. The quantitative estimate of drug-likeness (QED) is 0.821. The van der Waals surface area contributed by atoms with E-state index in [4.69, 9.17) is 0 Å². The molecule has 0 spiro atoms. The number of hydrogen-bond donors (Lipinski definition) is 1. The van der Waals surface area contributed by atoms with Gasteiger partial charge < -0.3 is 5.32 Å². The van der Waals surface area contributed by atoms with Crippen molar-refractivity contribution in [3.05, 3.63) is 20.8 Å². The van der Waals surface area contributed by atoms with Gasteiger partial charge >= 0.3 is 0 Å². The highest BCUT2D eigenvalue weighted by atomic mass is 79.9. The third kappa shape index (κ3) is 3.41. The van der Waals surface area contributed by atoms with Crippen LogP contribution in [0.4, 0.5) is 0 Å². The Balaban J connectivity index is 2.23. The first-order chi connectivity index (χ1) is 9.07. The van der Waals surface area contributed by atoms with E-state index in [0.717, 1.165) is 6.54 Å². The van der Waals surface area contributed by atoms with Crippen LogP contribution in [0.3, 0.4) is 0 Å². The topological polar surface area (TPSA) is 15.3 Å². The van der Waals surface area contributed by atoms with Gasteiger partial charge in [0.05, 0.1) is 6.04 Å². The number of nitrogens with zero attached hydrogens (tertiary/aromatic N) is 1. The molecule has 2 rings (SSSR count). The number of likely N-dealkylation sites (tertiary alicyclic amines) is 1. The molecule has 0 saturated carbocycles. The van der Waals surface area contributed by atoms with E-state index in [1.54, 1.807) is 0 Å². The predicted molar refractivity (Wildman–Crippen MR) is 87.9 cm³/mol. The zero-order valence-electron chi connectivity index (χ0n) is 12.2. The van der Waals surface area contributed by atoms with Gasteiger partial charge in [-0.3, -0.25) is 4.90 Å². The van der Waals surface area contributed by atoms with E-state index in [2.05, 4.69) is 58.4 Å². The first-order valence-corrected chi connectivity index (χ1v) is 8.96. The van der Waals surface area contributed by atoms with E-state index in [-0.39, 0.29) is 5.54 Å². The third-order valence-corrected chi connectivity index (χ3v) is 6.07. The molecular weight excluding hydrogens is 320 g/mol. The SMILES string of the molecule is CCCNC(c1sccc1Br)C(C)(C)N1CCCC1. The molecule has 0 radical (unpaired) electrons. The van der Waals surface area contributed by atoms with Gasteiger partial charge in [-0.1, -0.05) is 6.92 Å². The third-order valence-electron chi connectivity index (χ3n) is 4.13. The Morgan fingerprint density at radius 2 is 2.11 bits per heavy atom. The lowest BCUT2D eigenvalue weighted by Crippen LogP contribution is -2.51. The van der Waals surface area contributed by atoms with E-state index in [1.165, 1.54) is 41.7 Å². The first-order valence-electron chi connectivity index (χ1n) is 7.28. The molecule has 0 amide bonds. The maximum absolute atomic E-state index is 3.77. The summed E-state index contributed by atoms with van der Waals surface area (Å²) in [4.78, 5) is 4.08. The van der Waals surface area contributed by atoms with Crippen LogP contribution in [0.1, 0.15) is 51.0 Å². The molecule has 1 aromatic heterocycles. The van der Waals surface area contributed by atoms with Gasteiger partial charge in [-0.15, -0.1) is 11.3 Å². The molecule has 4 heteroatoms. The first kappa shape index (κ1) is 15.5. The Kier molecular flexibility index (Phi) is 5.46. The fourth-order valence-electron chi connectivity index (χ4n) is 2.94. The molecule has 1 aromatic rings. The number of halogens is 1. The smallest absolute Gasteiger partial charge is 0.0607 e. The van der Waals surface area contributed by atoms with Gasteiger partial charge in [0.1, 0.15) is 0 Å². The second-order valence-corrected chi connectivity index (χ2v) is 7.67. The summed E-state index contributed by atoms with van der Waals surface area (Å²) in [6.45, 7) is 10.6. The highest BCUT2D eigenvalue weighted by Gasteiger charge is 2.38.